The van der Waals surface area contributed by atoms with Crippen molar-refractivity contribution in [2.45, 2.75) is 181 Å². The van der Waals surface area contributed by atoms with Gasteiger partial charge in [-0.3, -0.25) is 19.2 Å². The molecule has 3 aliphatic heterocycles. The van der Waals surface area contributed by atoms with E-state index in [0.29, 0.717) is 63.4 Å². The minimum absolute atomic E-state index is 0.0679. The van der Waals surface area contributed by atoms with E-state index in [1.54, 1.807) is 48.0 Å². The molecule has 1 saturated carbocycles. The van der Waals surface area contributed by atoms with Gasteiger partial charge in [0.2, 0.25) is 5.79 Å². The van der Waals surface area contributed by atoms with Crippen LogP contribution in [0.2, 0.25) is 0 Å². The number of carbonyl (C=O) groups is 5. The minimum Gasteiger partial charge on any atom is -0.460 e. The van der Waals surface area contributed by atoms with E-state index < -0.39 is 77.8 Å². The molecule has 3 N–H and O–H groups in total. The standard InChI is InChI=1S/C51H79NO12/c1-30-16-12-11-13-17-31(2)43(61-9)28-39-21-19-36(7)51(60,64-39)48(57)49(58)52-23-15-14-18-40(52)50(59)63-44(33(4)26-38-20-22-41(53)45(27-38)62-10)29-42(54)32(3)25-35(6)47(56)37(8)46(55)34(5)24-30/h11-13,16-17,25,30,32-34,36-41,43-45,47,53,56,60H,14-15,18-24,26-29H2,1-10H3/b13-11?,16-12+,31-17?,35-25+. The number of ketones is 3. The first kappa shape index (κ1) is 53.3. The van der Waals surface area contributed by atoms with Gasteiger partial charge in [0.25, 0.3) is 11.7 Å². The summed E-state index contributed by atoms with van der Waals surface area (Å²) in [6.07, 6.45) is 13.0. The molecule has 4 rings (SSSR count). The topological polar surface area (TPSA) is 186 Å². The van der Waals surface area contributed by atoms with Crippen LogP contribution in [0.1, 0.15) is 132 Å². The number of nitrogens with zero attached hydrogens (tertiary/aromatic N) is 1. The van der Waals surface area contributed by atoms with E-state index in [1.807, 2.05) is 58.1 Å². The molecule has 3 fully saturated rings. The van der Waals surface area contributed by atoms with Gasteiger partial charge in [-0.05, 0) is 107 Å². The highest BCUT2D eigenvalue weighted by Gasteiger charge is 2.53. The number of carbonyl (C=O) groups excluding carboxylic acids is 5. The lowest BCUT2D eigenvalue weighted by Crippen LogP contribution is -2.61. The fourth-order valence-corrected chi connectivity index (χ4v) is 10.2. The van der Waals surface area contributed by atoms with Crippen molar-refractivity contribution in [1.29, 1.82) is 0 Å². The molecule has 0 radical (unpaired) electrons. The predicted molar refractivity (Wildman–Crippen MR) is 244 cm³/mol. The summed E-state index contributed by atoms with van der Waals surface area (Å²) in [5, 5.41) is 33.8. The normalized spacial score (nSPS) is 39.5. The van der Waals surface area contributed by atoms with Crippen molar-refractivity contribution in [1.82, 2.24) is 4.90 Å². The van der Waals surface area contributed by atoms with Crippen LogP contribution in [-0.2, 0) is 42.9 Å². The summed E-state index contributed by atoms with van der Waals surface area (Å²) in [5.41, 5.74) is 1.39. The monoisotopic (exact) mass is 898 g/mol. The number of fused-ring (bicyclic) bond motifs is 3. The van der Waals surface area contributed by atoms with E-state index in [4.69, 9.17) is 18.9 Å². The number of allylic oxidation sites excluding steroid dienone is 6. The number of ether oxygens (including phenoxy) is 4. The van der Waals surface area contributed by atoms with Crippen LogP contribution in [0.4, 0.5) is 0 Å². The minimum atomic E-state index is -2.42. The van der Waals surface area contributed by atoms with Gasteiger partial charge < -0.3 is 39.2 Å². The Morgan fingerprint density at radius 1 is 0.859 bits per heavy atom. The molecule has 4 aliphatic rings. The van der Waals surface area contributed by atoms with E-state index in [0.717, 1.165) is 12.0 Å². The summed E-state index contributed by atoms with van der Waals surface area (Å²) in [4.78, 5) is 71.6. The number of piperidine rings is 1. The number of cyclic esters (lactones) is 1. The van der Waals surface area contributed by atoms with E-state index in [1.165, 1.54) is 4.90 Å². The van der Waals surface area contributed by atoms with Crippen molar-refractivity contribution in [3.63, 3.8) is 0 Å². The fraction of sp³-hybridized carbons (Fsp3) is 0.745. The van der Waals surface area contributed by atoms with Crippen LogP contribution in [0.5, 0.6) is 0 Å². The zero-order chi connectivity index (χ0) is 47.5. The Kier molecular flexibility index (Phi) is 20.4. The fourth-order valence-electron chi connectivity index (χ4n) is 10.2. The molecule has 15 unspecified atom stereocenters. The number of Topliss-reactive ketones (excluding diaryl/α,β-unsaturated/α-hetero) is 3. The van der Waals surface area contributed by atoms with Crippen molar-refractivity contribution in [3.05, 3.63) is 47.6 Å². The van der Waals surface area contributed by atoms with Gasteiger partial charge in [0.15, 0.2) is 0 Å². The predicted octanol–water partition coefficient (Wildman–Crippen LogP) is 6.80. The van der Waals surface area contributed by atoms with Crippen molar-refractivity contribution < 1.29 is 58.2 Å². The van der Waals surface area contributed by atoms with Crippen molar-refractivity contribution in [2.75, 3.05) is 20.8 Å². The molecule has 0 spiro atoms. The van der Waals surface area contributed by atoms with E-state index in [2.05, 4.69) is 0 Å². The van der Waals surface area contributed by atoms with Crippen molar-refractivity contribution in [3.8, 4) is 0 Å². The van der Waals surface area contributed by atoms with Crippen LogP contribution >= 0.6 is 0 Å². The zero-order valence-electron chi connectivity index (χ0n) is 40.2. The van der Waals surface area contributed by atoms with Crippen LogP contribution < -0.4 is 0 Å². The molecule has 15 atom stereocenters. The number of methoxy groups -OCH3 is 2. The first-order chi connectivity index (χ1) is 30.2. The van der Waals surface area contributed by atoms with Gasteiger partial charge in [0.05, 0.1) is 30.5 Å². The first-order valence-corrected chi connectivity index (χ1v) is 23.9. The largest absolute Gasteiger partial charge is 0.460 e. The SMILES string of the molecule is COC1CC2CCC(C)C(O)(O2)C(=O)C(=O)N2CCCCC2C(=O)OC(C(C)CC2CCC(O)C(OC)C2)CC(=O)C(C)/C=C(\C)C(O)C(C)C(=O)C(C)CC(C)/C=C/C=CC=C1C. The Morgan fingerprint density at radius 2 is 1.58 bits per heavy atom. The molecule has 360 valence electrons. The first-order valence-electron chi connectivity index (χ1n) is 23.9. The van der Waals surface area contributed by atoms with Crippen LogP contribution in [0.25, 0.3) is 0 Å². The lowest BCUT2D eigenvalue weighted by Gasteiger charge is -2.42. The summed E-state index contributed by atoms with van der Waals surface area (Å²) in [5.74, 6) is -8.13. The van der Waals surface area contributed by atoms with Gasteiger partial charge in [-0.25, -0.2) is 4.79 Å². The van der Waals surface area contributed by atoms with Crippen LogP contribution in [0.15, 0.2) is 47.6 Å². The van der Waals surface area contributed by atoms with Crippen LogP contribution in [0, 0.1) is 41.4 Å². The van der Waals surface area contributed by atoms with E-state index in [-0.39, 0.29) is 60.7 Å². The van der Waals surface area contributed by atoms with Crippen molar-refractivity contribution >= 4 is 29.2 Å². The number of aliphatic hydroxyl groups is 3. The smallest absolute Gasteiger partial charge is 0.329 e. The number of amides is 1. The molecule has 1 aliphatic carbocycles. The van der Waals surface area contributed by atoms with Crippen LogP contribution in [0.3, 0.4) is 0 Å². The third-order valence-electron chi connectivity index (χ3n) is 14.6. The second-order valence-corrected chi connectivity index (χ2v) is 19.7. The van der Waals surface area contributed by atoms with E-state index in [9.17, 15) is 39.3 Å². The maximum Gasteiger partial charge on any atom is 0.329 e. The molecule has 13 nitrogen and oxygen atoms in total. The van der Waals surface area contributed by atoms with Gasteiger partial charge in [-0.15, -0.1) is 0 Å². The average molecular weight is 898 g/mol. The summed E-state index contributed by atoms with van der Waals surface area (Å²) >= 11 is 0. The third kappa shape index (κ3) is 13.9. The second kappa shape index (κ2) is 24.4. The highest BCUT2D eigenvalue weighted by molar-refractivity contribution is 6.39. The van der Waals surface area contributed by atoms with Gasteiger partial charge in [-0.1, -0.05) is 78.0 Å². The summed E-state index contributed by atoms with van der Waals surface area (Å²) in [7, 11) is 3.15. The molecule has 64 heavy (non-hydrogen) atoms. The number of hydrogen-bond donors (Lipinski definition) is 3. The Bertz CT molecular complexity index is 1740. The summed E-state index contributed by atoms with van der Waals surface area (Å²) < 4.78 is 23.8. The Labute approximate surface area is 382 Å². The zero-order valence-corrected chi connectivity index (χ0v) is 40.2. The Hall–Kier alpha value is -3.33. The van der Waals surface area contributed by atoms with Crippen molar-refractivity contribution in [2.24, 2.45) is 41.4 Å². The number of hydrogen-bond acceptors (Lipinski definition) is 12. The summed E-state index contributed by atoms with van der Waals surface area (Å²) in [6, 6.07) is -1.13. The molecular formula is C51H79NO12. The van der Waals surface area contributed by atoms with Crippen LogP contribution in [-0.4, -0.2) is 119 Å². The second-order valence-electron chi connectivity index (χ2n) is 19.7. The average Bonchev–Trinajstić information content (AvgIpc) is 3.27. The molecule has 0 aromatic heterocycles. The highest BCUT2D eigenvalue weighted by atomic mass is 16.6. The number of esters is 1. The highest BCUT2D eigenvalue weighted by Crippen LogP contribution is 2.38. The molecule has 2 bridgehead atoms. The van der Waals surface area contributed by atoms with Gasteiger partial charge in [-0.2, -0.15) is 0 Å². The molecule has 0 aromatic carbocycles. The lowest BCUT2D eigenvalue weighted by molar-refractivity contribution is -0.265. The van der Waals surface area contributed by atoms with Gasteiger partial charge in [0.1, 0.15) is 23.7 Å². The van der Waals surface area contributed by atoms with Gasteiger partial charge in [0, 0.05) is 57.3 Å². The Morgan fingerprint density at radius 3 is 2.27 bits per heavy atom. The van der Waals surface area contributed by atoms with Gasteiger partial charge >= 0.3 is 5.97 Å². The maximum atomic E-state index is 14.3. The molecule has 13 heteroatoms. The molecular weight excluding hydrogens is 819 g/mol. The maximum absolute atomic E-state index is 14.3. The van der Waals surface area contributed by atoms with E-state index >= 15 is 0 Å². The molecule has 3 heterocycles. The molecule has 2 saturated heterocycles. The lowest BCUT2D eigenvalue weighted by atomic mass is 9.78. The molecule has 0 aromatic rings. The molecule has 1 amide bonds. The number of rotatable bonds is 5. The Balaban J connectivity index is 1.69. The third-order valence-corrected chi connectivity index (χ3v) is 14.6. The summed E-state index contributed by atoms with van der Waals surface area (Å²) in [6.45, 7) is 14.7. The quantitative estimate of drug-likeness (QED) is 0.149. The number of aliphatic hydroxyl groups excluding tert-OH is 2.